The number of phenolic OH excluding ortho intramolecular Hbond substituents is 1. The van der Waals surface area contributed by atoms with E-state index in [1.54, 1.807) is 18.2 Å². The Balaban J connectivity index is 2.55. The average molecular weight is 219 g/mol. The van der Waals surface area contributed by atoms with Crippen LogP contribution in [0.1, 0.15) is 5.69 Å². The maximum Gasteiger partial charge on any atom is 0.282 e. The summed E-state index contributed by atoms with van der Waals surface area (Å²) in [4.78, 5) is 0. The van der Waals surface area contributed by atoms with Gasteiger partial charge in [-0.15, -0.1) is 0 Å². The third kappa shape index (κ3) is 1.60. The molecule has 0 saturated carbocycles. The average Bonchev–Trinajstić information content (AvgIpc) is 2.61. The highest BCUT2D eigenvalue weighted by Gasteiger charge is 2.19. The molecule has 1 aromatic heterocycles. The number of benzene rings is 1. The molecule has 6 heteroatoms. The van der Waals surface area contributed by atoms with E-state index in [1.807, 2.05) is 0 Å². The Bertz CT molecular complexity index is 527. The lowest BCUT2D eigenvalue weighted by Crippen LogP contribution is -2.23. The Morgan fingerprint density at radius 3 is 2.67 bits per heavy atom. The van der Waals surface area contributed by atoms with Gasteiger partial charge in [0.25, 0.3) is 23.1 Å². The van der Waals surface area contributed by atoms with Gasteiger partial charge in [0.2, 0.25) is 0 Å². The molecule has 2 aromatic rings. The Morgan fingerprint density at radius 2 is 2.07 bits per heavy atom. The molecule has 15 heavy (non-hydrogen) atoms. The van der Waals surface area contributed by atoms with Crippen molar-refractivity contribution in [3.8, 4) is 23.1 Å². The van der Waals surface area contributed by atoms with Crippen LogP contribution in [-0.4, -0.2) is 9.48 Å². The zero-order valence-corrected chi connectivity index (χ0v) is 8.23. The monoisotopic (exact) mass is 219 g/mol. The van der Waals surface area contributed by atoms with Crippen molar-refractivity contribution in [2.24, 2.45) is 0 Å². The lowest BCUT2D eigenvalue weighted by molar-refractivity contribution is -0.532. The predicted molar refractivity (Wildman–Crippen MR) is 52.9 cm³/mol. The molecule has 5 nitrogen and oxygen atoms in total. The molecule has 0 aliphatic heterocycles. The van der Waals surface area contributed by atoms with Gasteiger partial charge in [-0.2, -0.15) is 9.38 Å². The van der Waals surface area contributed by atoms with Gasteiger partial charge in [-0.1, -0.05) is 0 Å². The molecular weight excluding hydrogens is 214 g/mol. The van der Waals surface area contributed by atoms with Crippen LogP contribution in [0.25, 0.3) is 11.3 Å². The third-order valence-corrected chi connectivity index (χ3v) is 2.45. The van der Waals surface area contributed by atoms with Gasteiger partial charge >= 0.3 is 0 Å². The summed E-state index contributed by atoms with van der Waals surface area (Å²) < 4.78 is 4.33. The topological polar surface area (TPSA) is 83.8 Å². The van der Waals surface area contributed by atoms with E-state index < -0.39 is 0 Å². The van der Waals surface area contributed by atoms with Crippen molar-refractivity contribution in [2.45, 2.75) is 0 Å². The van der Waals surface area contributed by atoms with Gasteiger partial charge in [-0.25, -0.2) is 0 Å². The molecule has 0 aliphatic carbocycles. The smallest absolute Gasteiger partial charge is 0.282 e. The zero-order valence-electron chi connectivity index (χ0n) is 7.41. The first-order chi connectivity index (χ1) is 7.22. The highest BCUT2D eigenvalue weighted by molar-refractivity contribution is 6.95. The molecule has 1 aromatic carbocycles. The summed E-state index contributed by atoms with van der Waals surface area (Å²) in [6, 6.07) is 7.95. The van der Waals surface area contributed by atoms with Crippen LogP contribution in [0.2, 0.25) is 0 Å². The molecule has 0 fully saturated rings. The number of hydrogen-bond acceptors (Lipinski definition) is 5. The van der Waals surface area contributed by atoms with Crippen LogP contribution >= 0.6 is 11.7 Å². The predicted octanol–water partition coefficient (Wildman–Crippen LogP) is 1.02. The molecule has 0 atom stereocenters. The van der Waals surface area contributed by atoms with Crippen LogP contribution < -0.4 is 4.12 Å². The van der Waals surface area contributed by atoms with E-state index in [0.717, 1.165) is 0 Å². The Hall–Kier alpha value is -2.13. The molecule has 74 valence electrons. The van der Waals surface area contributed by atoms with Crippen molar-refractivity contribution in [3.63, 3.8) is 0 Å². The number of aromatic nitrogens is 2. The molecule has 0 amide bonds. The van der Waals surface area contributed by atoms with Crippen LogP contribution in [0.3, 0.4) is 0 Å². The lowest BCUT2D eigenvalue weighted by Gasteiger charge is -1.94. The highest BCUT2D eigenvalue weighted by Crippen LogP contribution is 2.22. The summed E-state index contributed by atoms with van der Waals surface area (Å²) >= 11 is 0.681. The van der Waals surface area contributed by atoms with Gasteiger partial charge in [0.15, 0.2) is 0 Å². The van der Waals surface area contributed by atoms with Crippen LogP contribution in [0, 0.1) is 16.5 Å². The van der Waals surface area contributed by atoms with Gasteiger partial charge < -0.3 is 10.3 Å². The molecule has 0 spiro atoms. The van der Waals surface area contributed by atoms with Crippen LogP contribution in [0.15, 0.2) is 24.3 Å². The molecule has 0 bridgehead atoms. The van der Waals surface area contributed by atoms with Gasteiger partial charge in [0.05, 0.1) is 0 Å². The van der Waals surface area contributed by atoms with Crippen molar-refractivity contribution in [3.05, 3.63) is 35.2 Å². The maximum absolute atomic E-state index is 11.1. The Labute approximate surface area is 89.4 Å². The summed E-state index contributed by atoms with van der Waals surface area (Å²) in [5.41, 5.74) is 0.957. The van der Waals surface area contributed by atoms with Crippen molar-refractivity contribution >= 4 is 11.7 Å². The summed E-state index contributed by atoms with van der Waals surface area (Å²) in [6.45, 7) is 0. The molecule has 0 saturated heterocycles. The SMILES string of the molecule is N#Cc1c(-c2ccc(O)cc2)ns[n+]1[O-]. The Morgan fingerprint density at radius 1 is 1.40 bits per heavy atom. The third-order valence-electron chi connectivity index (χ3n) is 1.86. The Kier molecular flexibility index (Phi) is 2.23. The summed E-state index contributed by atoms with van der Waals surface area (Å²) in [6.07, 6.45) is 0. The minimum Gasteiger partial charge on any atom is -0.699 e. The first kappa shape index (κ1) is 9.43. The lowest BCUT2D eigenvalue weighted by atomic mass is 10.1. The van der Waals surface area contributed by atoms with E-state index >= 15 is 0 Å². The van der Waals surface area contributed by atoms with Crippen LogP contribution in [-0.2, 0) is 0 Å². The van der Waals surface area contributed by atoms with Crippen molar-refractivity contribution in [1.82, 2.24) is 4.37 Å². The molecule has 0 radical (unpaired) electrons. The first-order valence-electron chi connectivity index (χ1n) is 4.01. The van der Waals surface area contributed by atoms with E-state index in [2.05, 4.69) is 4.37 Å². The van der Waals surface area contributed by atoms with Gasteiger partial charge in [-0.3, -0.25) is 0 Å². The van der Waals surface area contributed by atoms with Crippen molar-refractivity contribution in [1.29, 1.82) is 5.26 Å². The van der Waals surface area contributed by atoms with Crippen molar-refractivity contribution in [2.75, 3.05) is 0 Å². The second kappa shape index (κ2) is 3.55. The largest absolute Gasteiger partial charge is 0.699 e. The molecule has 0 unspecified atom stereocenters. The number of hydrogen-bond donors (Lipinski definition) is 1. The van der Waals surface area contributed by atoms with E-state index in [1.165, 1.54) is 12.1 Å². The second-order valence-corrected chi connectivity index (χ2v) is 3.46. The standard InChI is InChI=1S/C9H5N3O2S/c10-5-8-9(11-15-12(8)14)6-1-3-7(13)4-2-6/h1-4,13H. The quantitative estimate of drug-likeness (QED) is 0.573. The maximum atomic E-state index is 11.1. The zero-order chi connectivity index (χ0) is 10.8. The molecule has 1 heterocycles. The van der Waals surface area contributed by atoms with Gasteiger partial charge in [0, 0.05) is 9.94 Å². The number of rotatable bonds is 1. The van der Waals surface area contributed by atoms with Gasteiger partial charge in [-0.05, 0) is 24.3 Å². The fourth-order valence-electron chi connectivity index (χ4n) is 1.15. The number of nitrogens with zero attached hydrogens (tertiary/aromatic N) is 3. The highest BCUT2D eigenvalue weighted by atomic mass is 32.1. The number of phenols is 1. The van der Waals surface area contributed by atoms with E-state index in [-0.39, 0.29) is 11.4 Å². The molecule has 0 aliphatic rings. The van der Waals surface area contributed by atoms with E-state index in [9.17, 15) is 5.21 Å². The normalized spacial score (nSPS) is 9.80. The van der Waals surface area contributed by atoms with Crippen LogP contribution in [0.5, 0.6) is 5.75 Å². The van der Waals surface area contributed by atoms with Gasteiger partial charge in [0.1, 0.15) is 11.8 Å². The van der Waals surface area contributed by atoms with Crippen LogP contribution in [0.4, 0.5) is 0 Å². The van der Waals surface area contributed by atoms with E-state index in [0.29, 0.717) is 27.1 Å². The van der Waals surface area contributed by atoms with Crippen molar-refractivity contribution < 1.29 is 9.23 Å². The summed E-state index contributed by atoms with van der Waals surface area (Å²) in [5, 5.41) is 28.9. The summed E-state index contributed by atoms with van der Waals surface area (Å²) in [5.74, 6) is 0.127. The molecule has 1 N–H and O–H groups in total. The fraction of sp³-hybridized carbons (Fsp3) is 0. The van der Waals surface area contributed by atoms with E-state index in [4.69, 9.17) is 10.4 Å². The second-order valence-electron chi connectivity index (χ2n) is 2.79. The molecular formula is C9H5N3O2S. The minimum atomic E-state index is -0.0225. The number of nitriles is 1. The summed E-state index contributed by atoms with van der Waals surface area (Å²) in [7, 11) is 0. The first-order valence-corrected chi connectivity index (χ1v) is 4.74. The minimum absolute atomic E-state index is 0.0225. The molecule has 2 rings (SSSR count). The fourth-order valence-corrected chi connectivity index (χ4v) is 1.71. The number of aromatic hydroxyl groups is 1.